The number of nitrogens with one attached hydrogen (secondary N) is 1. The molecule has 6 heteroatoms. The van der Waals surface area contributed by atoms with Gasteiger partial charge in [0, 0.05) is 19.3 Å². The molecule has 0 aliphatic heterocycles. The minimum atomic E-state index is 0.173. The van der Waals surface area contributed by atoms with Gasteiger partial charge >= 0.3 is 0 Å². The topological polar surface area (TPSA) is 72.2 Å². The van der Waals surface area contributed by atoms with Crippen LogP contribution in [0.1, 0.15) is 19.0 Å². The van der Waals surface area contributed by atoms with Crippen LogP contribution in [0.3, 0.4) is 0 Å². The van der Waals surface area contributed by atoms with Gasteiger partial charge in [-0.1, -0.05) is 5.21 Å². The summed E-state index contributed by atoms with van der Waals surface area (Å²) in [6, 6.07) is 0. The van der Waals surface area contributed by atoms with Crippen LogP contribution in [0.25, 0.3) is 0 Å². The maximum atomic E-state index is 8.61. The first-order chi connectivity index (χ1) is 6.86. The maximum Gasteiger partial charge on any atom is 0.0988 e. The maximum absolute atomic E-state index is 8.61. The van der Waals surface area contributed by atoms with Gasteiger partial charge in [0.2, 0.25) is 0 Å². The molecule has 2 N–H and O–H groups in total. The summed E-state index contributed by atoms with van der Waals surface area (Å²) in [6.07, 6.45) is 2.53. The van der Waals surface area contributed by atoms with Crippen molar-refractivity contribution in [3.63, 3.8) is 0 Å². The fraction of sp³-hybridized carbons (Fsp3) is 0.750. The van der Waals surface area contributed by atoms with Crippen molar-refractivity contribution in [2.75, 3.05) is 13.2 Å². The smallest absolute Gasteiger partial charge is 0.0988 e. The third-order valence-electron chi connectivity index (χ3n) is 1.63. The molecule has 0 saturated heterocycles. The summed E-state index contributed by atoms with van der Waals surface area (Å²) < 4.78 is 1.71. The molecule has 80 valence electrons. The quantitative estimate of drug-likeness (QED) is 0.467. The molecule has 0 radical (unpaired) electrons. The fourth-order valence-corrected chi connectivity index (χ4v) is 0.989. The summed E-state index contributed by atoms with van der Waals surface area (Å²) in [7, 11) is 0. The summed E-state index contributed by atoms with van der Waals surface area (Å²) in [5, 5.41) is 16.4. The predicted octanol–water partition coefficient (Wildman–Crippen LogP) is -0.298. The van der Waals surface area contributed by atoms with Crippen LogP contribution >= 0.6 is 0 Å². The van der Waals surface area contributed by atoms with E-state index in [1.165, 1.54) is 0 Å². The fourth-order valence-electron chi connectivity index (χ4n) is 0.989. The van der Waals surface area contributed by atoms with Gasteiger partial charge in [-0.3, -0.25) is 4.68 Å². The van der Waals surface area contributed by atoms with Crippen LogP contribution in [0.4, 0.5) is 0 Å². The molecule has 0 unspecified atom stereocenters. The van der Waals surface area contributed by atoms with Gasteiger partial charge in [0.1, 0.15) is 0 Å². The molecule has 0 spiro atoms. The van der Waals surface area contributed by atoms with Crippen molar-refractivity contribution in [2.24, 2.45) is 0 Å². The number of hydrogen-bond donors (Lipinski definition) is 2. The van der Waals surface area contributed by atoms with Crippen LogP contribution in [0.5, 0.6) is 0 Å². The number of hydrogen-bond acceptors (Lipinski definition) is 5. The highest BCUT2D eigenvalue weighted by Gasteiger charge is 1.99. The Morgan fingerprint density at radius 3 is 3.21 bits per heavy atom. The van der Waals surface area contributed by atoms with Crippen LogP contribution in [-0.4, -0.2) is 33.3 Å². The molecule has 0 fully saturated rings. The Hall–Kier alpha value is -0.980. The van der Waals surface area contributed by atoms with Crippen molar-refractivity contribution in [3.8, 4) is 0 Å². The van der Waals surface area contributed by atoms with Crippen LogP contribution in [0.15, 0.2) is 6.20 Å². The summed E-state index contributed by atoms with van der Waals surface area (Å²) in [5.74, 6) is 0. The monoisotopic (exact) mass is 200 g/mol. The number of aryl methyl sites for hydroxylation is 1. The Bertz CT molecular complexity index is 251. The first kappa shape index (κ1) is 11.1. The zero-order valence-corrected chi connectivity index (χ0v) is 8.31. The van der Waals surface area contributed by atoms with E-state index in [4.69, 9.17) is 9.94 Å². The molecule has 1 aromatic rings. The zero-order chi connectivity index (χ0) is 10.2. The van der Waals surface area contributed by atoms with E-state index in [-0.39, 0.29) is 6.61 Å². The van der Waals surface area contributed by atoms with Gasteiger partial charge in [-0.15, -0.1) is 5.10 Å². The molecule has 14 heavy (non-hydrogen) atoms. The van der Waals surface area contributed by atoms with Crippen molar-refractivity contribution in [1.29, 1.82) is 0 Å². The van der Waals surface area contributed by atoms with Gasteiger partial charge in [0.25, 0.3) is 0 Å². The third kappa shape index (κ3) is 3.82. The van der Waals surface area contributed by atoms with E-state index in [1.807, 2.05) is 13.1 Å². The highest BCUT2D eigenvalue weighted by Crippen LogP contribution is 1.93. The standard InChI is InChI=1S/C8H16N4O2/c1-2-14-9-6-8-7-12(11-10-8)4-3-5-13/h7,9,13H,2-6H2,1H3. The Labute approximate surface area is 82.8 Å². The summed E-state index contributed by atoms with van der Waals surface area (Å²) in [4.78, 5) is 4.96. The molecule has 6 nitrogen and oxygen atoms in total. The van der Waals surface area contributed by atoms with Gasteiger partial charge in [0.05, 0.1) is 18.8 Å². The van der Waals surface area contributed by atoms with Crippen molar-refractivity contribution in [3.05, 3.63) is 11.9 Å². The highest BCUT2D eigenvalue weighted by molar-refractivity contribution is 4.90. The molecule has 0 aliphatic rings. The van der Waals surface area contributed by atoms with Gasteiger partial charge < -0.3 is 9.94 Å². The molecule has 0 saturated carbocycles. The lowest BCUT2D eigenvalue weighted by Gasteiger charge is -1.98. The normalized spacial score (nSPS) is 10.7. The molecule has 1 aromatic heterocycles. The lowest BCUT2D eigenvalue weighted by Crippen LogP contribution is -2.13. The molecule has 0 amide bonds. The zero-order valence-electron chi connectivity index (χ0n) is 8.31. The van der Waals surface area contributed by atoms with Crippen molar-refractivity contribution < 1.29 is 9.94 Å². The largest absolute Gasteiger partial charge is 0.396 e. The number of hydroxylamine groups is 1. The molecule has 0 aliphatic carbocycles. The molecule has 1 heterocycles. The Kier molecular flexibility index (Phi) is 5.13. The van der Waals surface area contributed by atoms with Gasteiger partial charge in [-0.2, -0.15) is 5.48 Å². The van der Waals surface area contributed by atoms with Crippen molar-refractivity contribution >= 4 is 0 Å². The van der Waals surface area contributed by atoms with E-state index in [9.17, 15) is 0 Å². The second kappa shape index (κ2) is 6.47. The Morgan fingerprint density at radius 1 is 1.64 bits per heavy atom. The van der Waals surface area contributed by atoms with E-state index in [0.29, 0.717) is 26.1 Å². The van der Waals surface area contributed by atoms with E-state index in [1.54, 1.807) is 4.68 Å². The Balaban J connectivity index is 2.27. The minimum Gasteiger partial charge on any atom is -0.396 e. The van der Waals surface area contributed by atoms with Gasteiger partial charge in [0.15, 0.2) is 0 Å². The predicted molar refractivity (Wildman–Crippen MR) is 50.2 cm³/mol. The lowest BCUT2D eigenvalue weighted by atomic mass is 10.4. The van der Waals surface area contributed by atoms with E-state index >= 15 is 0 Å². The van der Waals surface area contributed by atoms with Crippen LogP contribution < -0.4 is 5.48 Å². The summed E-state index contributed by atoms with van der Waals surface area (Å²) in [5.41, 5.74) is 3.59. The Morgan fingerprint density at radius 2 is 2.50 bits per heavy atom. The molecular formula is C8H16N4O2. The highest BCUT2D eigenvalue weighted by atomic mass is 16.6. The number of aliphatic hydroxyl groups is 1. The van der Waals surface area contributed by atoms with Crippen molar-refractivity contribution in [2.45, 2.75) is 26.4 Å². The minimum absolute atomic E-state index is 0.173. The first-order valence-corrected chi connectivity index (χ1v) is 4.71. The first-order valence-electron chi connectivity index (χ1n) is 4.71. The second-order valence-corrected chi connectivity index (χ2v) is 2.80. The molecule has 0 aromatic carbocycles. The summed E-state index contributed by atoms with van der Waals surface area (Å²) >= 11 is 0. The molecular weight excluding hydrogens is 184 g/mol. The second-order valence-electron chi connectivity index (χ2n) is 2.80. The average molecular weight is 200 g/mol. The van der Waals surface area contributed by atoms with Crippen LogP contribution in [0.2, 0.25) is 0 Å². The van der Waals surface area contributed by atoms with Gasteiger partial charge in [-0.05, 0) is 13.3 Å². The molecule has 1 rings (SSSR count). The summed E-state index contributed by atoms with van der Waals surface area (Å²) in [6.45, 7) is 3.95. The number of nitrogens with zero attached hydrogens (tertiary/aromatic N) is 3. The van der Waals surface area contributed by atoms with E-state index in [0.717, 1.165) is 5.69 Å². The lowest BCUT2D eigenvalue weighted by molar-refractivity contribution is 0.0456. The SMILES string of the molecule is CCONCc1cn(CCCO)nn1. The van der Waals surface area contributed by atoms with Gasteiger partial charge in [-0.25, -0.2) is 0 Å². The van der Waals surface area contributed by atoms with Crippen molar-refractivity contribution in [1.82, 2.24) is 20.5 Å². The van der Waals surface area contributed by atoms with E-state index < -0.39 is 0 Å². The van der Waals surface area contributed by atoms with E-state index in [2.05, 4.69) is 15.8 Å². The van der Waals surface area contributed by atoms with Crippen LogP contribution in [-0.2, 0) is 17.9 Å². The molecule has 0 bridgehead atoms. The third-order valence-corrected chi connectivity index (χ3v) is 1.63. The molecule has 0 atom stereocenters. The van der Waals surface area contributed by atoms with Crippen LogP contribution in [0, 0.1) is 0 Å². The number of aliphatic hydroxyl groups excluding tert-OH is 1. The number of aromatic nitrogens is 3. The number of rotatable bonds is 7. The average Bonchev–Trinajstić information content (AvgIpc) is 2.63.